The number of rotatable bonds is 7. The maximum absolute atomic E-state index is 13.2. The van der Waals surface area contributed by atoms with Crippen molar-refractivity contribution in [1.82, 2.24) is 23.1 Å². The first-order valence-corrected chi connectivity index (χ1v) is 10.5. The first-order valence-electron chi connectivity index (χ1n) is 10.5. The first kappa shape index (κ1) is 21.4. The fourth-order valence-electron chi connectivity index (χ4n) is 3.82. The number of esters is 1. The van der Waals surface area contributed by atoms with Gasteiger partial charge < -0.3 is 9.47 Å². The zero-order valence-electron chi connectivity index (χ0n) is 18.5. The van der Waals surface area contributed by atoms with Crippen LogP contribution in [0.2, 0.25) is 0 Å². The summed E-state index contributed by atoms with van der Waals surface area (Å²) < 4.78 is 16.4. The largest absolute Gasteiger partial charge is 0.494 e. The predicted molar refractivity (Wildman–Crippen MR) is 119 cm³/mol. The maximum Gasteiger partial charge on any atom is 0.332 e. The quantitative estimate of drug-likeness (QED) is 0.407. The summed E-state index contributed by atoms with van der Waals surface area (Å²) in [6.07, 6.45) is 1.74. The van der Waals surface area contributed by atoms with E-state index < -0.39 is 17.2 Å². The van der Waals surface area contributed by atoms with Gasteiger partial charge in [0.05, 0.1) is 19.6 Å². The van der Waals surface area contributed by atoms with Crippen molar-refractivity contribution in [3.63, 3.8) is 0 Å². The van der Waals surface area contributed by atoms with Gasteiger partial charge in [-0.3, -0.25) is 27.7 Å². The molecule has 0 saturated heterocycles. The molecule has 0 radical (unpaired) electrons. The summed E-state index contributed by atoms with van der Waals surface area (Å²) in [4.78, 5) is 42.4. The number of imidazole rings is 2. The lowest BCUT2D eigenvalue weighted by atomic mass is 10.3. The molecule has 10 nitrogen and oxygen atoms in total. The summed E-state index contributed by atoms with van der Waals surface area (Å²) in [6, 6.07) is 7.56. The van der Waals surface area contributed by atoms with Gasteiger partial charge in [0.25, 0.3) is 5.56 Å². The zero-order chi connectivity index (χ0) is 23.0. The van der Waals surface area contributed by atoms with Crippen molar-refractivity contribution in [2.75, 3.05) is 13.2 Å². The Hall–Kier alpha value is -3.82. The van der Waals surface area contributed by atoms with E-state index in [2.05, 4.69) is 4.98 Å². The number of ether oxygens (including phenoxy) is 2. The number of nitrogens with zero attached hydrogens (tertiary/aromatic N) is 5. The van der Waals surface area contributed by atoms with Gasteiger partial charge in [0.1, 0.15) is 5.75 Å². The lowest BCUT2D eigenvalue weighted by molar-refractivity contribution is -0.143. The molecule has 4 rings (SSSR count). The van der Waals surface area contributed by atoms with Crippen molar-refractivity contribution in [1.29, 1.82) is 0 Å². The van der Waals surface area contributed by atoms with Crippen LogP contribution in [0.5, 0.6) is 5.75 Å². The van der Waals surface area contributed by atoms with Crippen molar-refractivity contribution in [2.24, 2.45) is 7.05 Å². The Morgan fingerprint density at radius 1 is 1.09 bits per heavy atom. The summed E-state index contributed by atoms with van der Waals surface area (Å²) in [5.41, 5.74) is 1.25. The number of aromatic nitrogens is 5. The molecule has 4 aromatic rings. The Labute approximate surface area is 183 Å². The molecule has 0 aliphatic rings. The van der Waals surface area contributed by atoms with E-state index in [1.165, 1.54) is 4.57 Å². The lowest BCUT2D eigenvalue weighted by Crippen LogP contribution is -2.39. The third kappa shape index (κ3) is 3.47. The topological polar surface area (TPSA) is 102 Å². The van der Waals surface area contributed by atoms with Gasteiger partial charge in [0.15, 0.2) is 11.2 Å². The molecular formula is C22H25N5O5. The van der Waals surface area contributed by atoms with Gasteiger partial charge in [-0.15, -0.1) is 0 Å². The van der Waals surface area contributed by atoms with Gasteiger partial charge in [-0.05, 0) is 45.0 Å². The zero-order valence-corrected chi connectivity index (χ0v) is 18.5. The second-order valence-electron chi connectivity index (χ2n) is 7.34. The number of carbonyl (C=O) groups excluding carboxylic acids is 1. The average Bonchev–Trinajstić information content (AvgIpc) is 3.28. The van der Waals surface area contributed by atoms with E-state index in [-0.39, 0.29) is 30.7 Å². The highest BCUT2D eigenvalue weighted by atomic mass is 16.5. The molecule has 0 unspecified atom stereocenters. The molecule has 0 fully saturated rings. The van der Waals surface area contributed by atoms with Crippen LogP contribution in [-0.4, -0.2) is 42.3 Å². The van der Waals surface area contributed by atoms with Crippen molar-refractivity contribution < 1.29 is 14.3 Å². The fraction of sp³-hybridized carbons (Fsp3) is 0.364. The van der Waals surface area contributed by atoms with E-state index in [1.54, 1.807) is 18.4 Å². The van der Waals surface area contributed by atoms with Crippen molar-refractivity contribution >= 4 is 22.9 Å². The highest BCUT2D eigenvalue weighted by molar-refractivity contribution is 5.76. The van der Waals surface area contributed by atoms with E-state index in [1.807, 2.05) is 48.9 Å². The van der Waals surface area contributed by atoms with E-state index in [4.69, 9.17) is 9.47 Å². The number of carbonyl (C=O) groups is 1. The van der Waals surface area contributed by atoms with Crippen LogP contribution in [0.1, 0.15) is 26.0 Å². The van der Waals surface area contributed by atoms with Crippen LogP contribution in [-0.2, 0) is 23.1 Å². The fourth-order valence-corrected chi connectivity index (χ4v) is 3.82. The highest BCUT2D eigenvalue weighted by Crippen LogP contribution is 2.22. The summed E-state index contributed by atoms with van der Waals surface area (Å²) in [5, 5.41) is 0. The smallest absolute Gasteiger partial charge is 0.332 e. The van der Waals surface area contributed by atoms with Gasteiger partial charge in [-0.2, -0.15) is 4.98 Å². The highest BCUT2D eigenvalue weighted by Gasteiger charge is 2.21. The minimum absolute atomic E-state index is 0.0634. The molecule has 0 atom stereocenters. The minimum atomic E-state index is -0.531. The van der Waals surface area contributed by atoms with E-state index in [0.29, 0.717) is 12.4 Å². The third-order valence-electron chi connectivity index (χ3n) is 5.28. The molecule has 0 spiro atoms. The standard InChI is InChI=1S/C22H25N5O5/c1-5-31-16-9-7-15(8-10-16)27-14(3)13-26-18-19(23-21(26)27)24(4)22(30)25(20(18)29)12-11-17(28)32-6-2/h7-10,13H,5-6,11-12H2,1-4H3. The number of aryl methyl sites for hydroxylation is 2. The Bertz CT molecular complexity index is 1420. The summed E-state index contributed by atoms with van der Waals surface area (Å²) in [6.45, 7) is 6.30. The molecule has 0 aliphatic carbocycles. The summed E-state index contributed by atoms with van der Waals surface area (Å²) in [5.74, 6) is 0.812. The molecule has 10 heteroatoms. The van der Waals surface area contributed by atoms with Crippen molar-refractivity contribution in [3.05, 3.63) is 57.0 Å². The van der Waals surface area contributed by atoms with Crippen LogP contribution in [0.15, 0.2) is 40.1 Å². The van der Waals surface area contributed by atoms with Crippen molar-refractivity contribution in [3.8, 4) is 11.4 Å². The molecule has 1 aromatic carbocycles. The molecule has 0 N–H and O–H groups in total. The molecule has 0 saturated carbocycles. The third-order valence-corrected chi connectivity index (χ3v) is 5.28. The number of hydrogen-bond donors (Lipinski definition) is 0. The molecule has 32 heavy (non-hydrogen) atoms. The monoisotopic (exact) mass is 439 g/mol. The van der Waals surface area contributed by atoms with Crippen LogP contribution in [0.4, 0.5) is 0 Å². The minimum Gasteiger partial charge on any atom is -0.494 e. The number of benzene rings is 1. The van der Waals surface area contributed by atoms with Gasteiger partial charge in [-0.25, -0.2) is 4.79 Å². The van der Waals surface area contributed by atoms with Gasteiger partial charge >= 0.3 is 11.7 Å². The SMILES string of the molecule is CCOC(=O)CCn1c(=O)c2c(nc3n(-c4ccc(OCC)cc4)c(C)cn23)n(C)c1=O. The summed E-state index contributed by atoms with van der Waals surface area (Å²) >= 11 is 0. The second kappa shape index (κ2) is 8.37. The molecule has 0 bridgehead atoms. The average molecular weight is 439 g/mol. The van der Waals surface area contributed by atoms with Crippen LogP contribution >= 0.6 is 0 Å². The normalized spacial score (nSPS) is 11.4. The first-order chi connectivity index (χ1) is 15.4. The van der Waals surface area contributed by atoms with Gasteiger partial charge in [0.2, 0.25) is 5.78 Å². The van der Waals surface area contributed by atoms with Crippen LogP contribution in [0.25, 0.3) is 22.6 Å². The Kier molecular flexibility index (Phi) is 5.60. The van der Waals surface area contributed by atoms with E-state index in [9.17, 15) is 14.4 Å². The van der Waals surface area contributed by atoms with E-state index >= 15 is 0 Å². The van der Waals surface area contributed by atoms with Crippen molar-refractivity contribution in [2.45, 2.75) is 33.7 Å². The maximum atomic E-state index is 13.2. The van der Waals surface area contributed by atoms with Crippen LogP contribution < -0.4 is 16.0 Å². The lowest BCUT2D eigenvalue weighted by Gasteiger charge is -2.08. The summed E-state index contributed by atoms with van der Waals surface area (Å²) in [7, 11) is 1.56. The number of fused-ring (bicyclic) bond motifs is 3. The number of hydrogen-bond acceptors (Lipinski definition) is 6. The van der Waals surface area contributed by atoms with E-state index in [0.717, 1.165) is 21.7 Å². The molecule has 0 aliphatic heterocycles. The van der Waals surface area contributed by atoms with Crippen LogP contribution in [0, 0.1) is 6.92 Å². The predicted octanol–water partition coefficient (Wildman–Crippen LogP) is 1.80. The van der Waals surface area contributed by atoms with Crippen LogP contribution in [0.3, 0.4) is 0 Å². The molecule has 3 heterocycles. The Balaban J connectivity index is 1.87. The molecule has 0 amide bonds. The van der Waals surface area contributed by atoms with Gasteiger partial charge in [0, 0.05) is 31.2 Å². The molecular weight excluding hydrogens is 414 g/mol. The molecule has 168 valence electrons. The Morgan fingerprint density at radius 3 is 2.47 bits per heavy atom. The second-order valence-corrected chi connectivity index (χ2v) is 7.34. The van der Waals surface area contributed by atoms with Gasteiger partial charge in [-0.1, -0.05) is 0 Å². The Morgan fingerprint density at radius 2 is 1.81 bits per heavy atom. The molecule has 3 aromatic heterocycles.